The third kappa shape index (κ3) is 5.01. The maximum Gasteiger partial charge on any atom is 0.235 e. The zero-order valence-electron chi connectivity index (χ0n) is 17.6. The fourth-order valence-corrected chi connectivity index (χ4v) is 3.21. The van der Waals surface area contributed by atoms with E-state index in [1.165, 1.54) is 0 Å². The molecule has 3 aromatic carbocycles. The minimum Gasteiger partial charge on any atom is -0.457 e. The van der Waals surface area contributed by atoms with Crippen LogP contribution in [0.5, 0.6) is 17.2 Å². The summed E-state index contributed by atoms with van der Waals surface area (Å²) in [5, 5.41) is 5.12. The molecule has 0 radical (unpaired) electrons. The molecular weight excluding hydrogens is 388 g/mol. The number of ether oxygens (including phenoxy) is 2. The van der Waals surface area contributed by atoms with E-state index in [1.807, 2.05) is 98.8 Å². The van der Waals surface area contributed by atoms with Gasteiger partial charge in [-0.2, -0.15) is 0 Å². The number of rotatable bonds is 4. The SMILES string of the molecule is CC.c1ccc(Oc2ccc([C@@H]3CC(Oc4cnc5ccccc5c4)=NO3)cc2)cc1. The van der Waals surface area contributed by atoms with E-state index in [9.17, 15) is 0 Å². The molecule has 0 saturated heterocycles. The summed E-state index contributed by atoms with van der Waals surface area (Å²) in [7, 11) is 0. The van der Waals surface area contributed by atoms with E-state index in [4.69, 9.17) is 14.3 Å². The molecule has 0 N–H and O–H groups in total. The van der Waals surface area contributed by atoms with Gasteiger partial charge in [0, 0.05) is 5.39 Å². The lowest BCUT2D eigenvalue weighted by Gasteiger charge is -2.10. The van der Waals surface area contributed by atoms with Crippen LogP contribution in [-0.2, 0) is 4.84 Å². The Hall–Kier alpha value is -3.86. The van der Waals surface area contributed by atoms with Crippen LogP contribution in [0.25, 0.3) is 10.9 Å². The van der Waals surface area contributed by atoms with E-state index in [2.05, 4.69) is 10.1 Å². The van der Waals surface area contributed by atoms with Gasteiger partial charge in [0.25, 0.3) is 0 Å². The van der Waals surface area contributed by atoms with Gasteiger partial charge < -0.3 is 14.3 Å². The summed E-state index contributed by atoms with van der Waals surface area (Å²) in [5.74, 6) is 2.77. The predicted octanol–water partition coefficient (Wildman–Crippen LogP) is 6.91. The molecule has 5 rings (SSSR count). The van der Waals surface area contributed by atoms with Crippen molar-refractivity contribution in [1.82, 2.24) is 4.98 Å². The van der Waals surface area contributed by atoms with Crippen LogP contribution in [0.1, 0.15) is 31.9 Å². The lowest BCUT2D eigenvalue weighted by molar-refractivity contribution is 0.0855. The van der Waals surface area contributed by atoms with Crippen LogP contribution in [0.2, 0.25) is 0 Å². The van der Waals surface area contributed by atoms with Crippen LogP contribution in [0.15, 0.2) is 96.3 Å². The molecule has 0 amide bonds. The van der Waals surface area contributed by atoms with Crippen LogP contribution in [-0.4, -0.2) is 10.9 Å². The van der Waals surface area contributed by atoms with Crippen molar-refractivity contribution >= 4 is 16.8 Å². The zero-order chi connectivity index (χ0) is 21.5. The van der Waals surface area contributed by atoms with Gasteiger partial charge in [0.1, 0.15) is 17.2 Å². The van der Waals surface area contributed by atoms with Gasteiger partial charge in [0.2, 0.25) is 5.90 Å². The predicted molar refractivity (Wildman–Crippen MR) is 123 cm³/mol. The average molecular weight is 412 g/mol. The fraction of sp³-hybridized carbons (Fsp3) is 0.154. The van der Waals surface area contributed by atoms with Crippen LogP contribution < -0.4 is 9.47 Å². The standard InChI is InChI=1S/C24H18N2O3.C2H6/c1-2-7-19(8-3-1)27-20-12-10-17(11-13-20)23-15-24(26-29-23)28-21-14-18-6-4-5-9-22(18)25-16-21;1-2/h1-14,16,23H,15H2;1-2H3/t23-;/m0./s1. The Balaban J connectivity index is 0.00000112. The molecule has 5 nitrogen and oxygen atoms in total. The molecule has 156 valence electrons. The maximum atomic E-state index is 5.88. The lowest BCUT2D eigenvalue weighted by Crippen LogP contribution is -2.07. The van der Waals surface area contributed by atoms with Gasteiger partial charge in [0.05, 0.1) is 18.1 Å². The molecule has 0 bridgehead atoms. The molecule has 1 atom stereocenters. The van der Waals surface area contributed by atoms with E-state index < -0.39 is 0 Å². The first-order valence-electron chi connectivity index (χ1n) is 10.4. The van der Waals surface area contributed by atoms with Gasteiger partial charge in [-0.15, -0.1) is 0 Å². The first-order chi connectivity index (χ1) is 15.3. The highest BCUT2D eigenvalue weighted by molar-refractivity contribution is 5.83. The molecular formula is C26H24N2O3. The highest BCUT2D eigenvalue weighted by Gasteiger charge is 2.24. The highest BCUT2D eigenvalue weighted by Crippen LogP contribution is 2.31. The molecule has 1 aliphatic heterocycles. The smallest absolute Gasteiger partial charge is 0.235 e. The van der Waals surface area contributed by atoms with Crippen molar-refractivity contribution < 1.29 is 14.3 Å². The Labute approximate surface area is 181 Å². The quantitative estimate of drug-likeness (QED) is 0.365. The molecule has 1 aliphatic rings. The monoisotopic (exact) mass is 412 g/mol. The second kappa shape index (κ2) is 9.76. The minimum atomic E-state index is -0.177. The summed E-state index contributed by atoms with van der Waals surface area (Å²) in [5.41, 5.74) is 1.95. The molecule has 5 heteroatoms. The summed E-state index contributed by atoms with van der Waals surface area (Å²) in [4.78, 5) is 9.98. The Morgan fingerprint density at radius 3 is 2.29 bits per heavy atom. The number of benzene rings is 3. The van der Waals surface area contributed by atoms with Crippen molar-refractivity contribution in [2.45, 2.75) is 26.4 Å². The van der Waals surface area contributed by atoms with Gasteiger partial charge in [-0.05, 0) is 42.0 Å². The van der Waals surface area contributed by atoms with Gasteiger partial charge in [-0.25, -0.2) is 0 Å². The van der Waals surface area contributed by atoms with Crippen LogP contribution in [0.4, 0.5) is 0 Å². The number of hydrogen-bond acceptors (Lipinski definition) is 5. The minimum absolute atomic E-state index is 0.177. The zero-order valence-corrected chi connectivity index (χ0v) is 17.6. The van der Waals surface area contributed by atoms with Crippen LogP contribution >= 0.6 is 0 Å². The van der Waals surface area contributed by atoms with Gasteiger partial charge >= 0.3 is 0 Å². The van der Waals surface area contributed by atoms with E-state index in [1.54, 1.807) is 6.20 Å². The summed E-state index contributed by atoms with van der Waals surface area (Å²) in [6, 6.07) is 27.4. The van der Waals surface area contributed by atoms with Crippen molar-refractivity contribution in [3.63, 3.8) is 0 Å². The first-order valence-corrected chi connectivity index (χ1v) is 10.4. The Bertz CT molecular complexity index is 1160. The number of oxime groups is 1. The molecule has 1 aromatic heterocycles. The van der Waals surface area contributed by atoms with Crippen molar-refractivity contribution in [3.05, 3.63) is 96.7 Å². The summed E-state index contributed by atoms with van der Waals surface area (Å²) in [6.45, 7) is 4.00. The molecule has 0 aliphatic carbocycles. The number of fused-ring (bicyclic) bond motifs is 1. The number of aromatic nitrogens is 1. The number of para-hydroxylation sites is 2. The van der Waals surface area contributed by atoms with Crippen LogP contribution in [0, 0.1) is 0 Å². The topological polar surface area (TPSA) is 52.9 Å². The summed E-state index contributed by atoms with van der Waals surface area (Å²) >= 11 is 0. The normalized spacial score (nSPS) is 14.8. The molecule has 0 unspecified atom stereocenters. The van der Waals surface area contributed by atoms with Crippen molar-refractivity contribution in [1.29, 1.82) is 0 Å². The third-order valence-corrected chi connectivity index (χ3v) is 4.67. The highest BCUT2D eigenvalue weighted by atomic mass is 16.7. The largest absolute Gasteiger partial charge is 0.457 e. The Morgan fingerprint density at radius 1 is 0.774 bits per heavy atom. The lowest BCUT2D eigenvalue weighted by atomic mass is 10.1. The van der Waals surface area contributed by atoms with E-state index in [-0.39, 0.29) is 6.10 Å². The van der Waals surface area contributed by atoms with Crippen molar-refractivity contribution in [2.24, 2.45) is 5.16 Å². The number of nitrogens with zero attached hydrogens (tertiary/aromatic N) is 2. The summed E-state index contributed by atoms with van der Waals surface area (Å²) < 4.78 is 11.7. The second-order valence-corrected chi connectivity index (χ2v) is 6.73. The average Bonchev–Trinajstić information content (AvgIpc) is 3.30. The molecule has 0 spiro atoms. The van der Waals surface area contributed by atoms with Gasteiger partial charge in [-0.3, -0.25) is 4.98 Å². The van der Waals surface area contributed by atoms with Crippen molar-refractivity contribution in [3.8, 4) is 17.2 Å². The van der Waals surface area contributed by atoms with E-state index in [0.717, 1.165) is 28.0 Å². The molecule has 31 heavy (non-hydrogen) atoms. The molecule has 0 fully saturated rings. The van der Waals surface area contributed by atoms with E-state index in [0.29, 0.717) is 18.1 Å². The maximum absolute atomic E-state index is 5.88. The number of hydrogen-bond donors (Lipinski definition) is 0. The Kier molecular flexibility index (Phi) is 6.43. The van der Waals surface area contributed by atoms with E-state index >= 15 is 0 Å². The Morgan fingerprint density at radius 2 is 1.48 bits per heavy atom. The molecule has 2 heterocycles. The first kappa shape index (κ1) is 20.4. The fourth-order valence-electron chi connectivity index (χ4n) is 3.21. The van der Waals surface area contributed by atoms with Gasteiger partial charge in [-0.1, -0.05) is 67.5 Å². The molecule has 4 aromatic rings. The number of pyridine rings is 1. The van der Waals surface area contributed by atoms with Gasteiger partial charge in [0.15, 0.2) is 6.10 Å². The van der Waals surface area contributed by atoms with Crippen molar-refractivity contribution in [2.75, 3.05) is 0 Å². The third-order valence-electron chi connectivity index (χ3n) is 4.67. The summed E-state index contributed by atoms with van der Waals surface area (Å²) in [6.07, 6.45) is 2.09. The second-order valence-electron chi connectivity index (χ2n) is 6.73. The molecule has 0 saturated carbocycles. The van der Waals surface area contributed by atoms with Crippen LogP contribution in [0.3, 0.4) is 0 Å².